The molecule has 298 valence electrons. The van der Waals surface area contributed by atoms with Crippen LogP contribution in [0.4, 0.5) is 22.7 Å². The van der Waals surface area contributed by atoms with Crippen molar-refractivity contribution in [3.63, 3.8) is 0 Å². The molecule has 0 amide bonds. The van der Waals surface area contributed by atoms with E-state index in [2.05, 4.69) is 19.3 Å². The van der Waals surface area contributed by atoms with E-state index < -0.39 is 24.1 Å². The lowest BCUT2D eigenvalue weighted by molar-refractivity contribution is -0.141. The topological polar surface area (TPSA) is 256 Å². The SMILES string of the molecule is CC(=O)Oc1cc2c(cc1N)OCO2.CCCCC.CN(C)c1cc2c(cc1NN)OCO2.CN1CC(O)CC1C(=O)O.Nc1cc2c(cc1O)OCO2. The van der Waals surface area contributed by atoms with Crippen LogP contribution in [0.5, 0.6) is 46.0 Å². The van der Waals surface area contributed by atoms with Crippen LogP contribution in [0.2, 0.25) is 0 Å². The highest BCUT2D eigenvalue weighted by atomic mass is 16.7. The van der Waals surface area contributed by atoms with Gasteiger partial charge in [0.15, 0.2) is 40.2 Å². The fourth-order valence-electron chi connectivity index (χ4n) is 5.16. The van der Waals surface area contributed by atoms with Gasteiger partial charge in [0.2, 0.25) is 20.4 Å². The van der Waals surface area contributed by atoms with E-state index in [0.29, 0.717) is 53.1 Å². The molecule has 2 atom stereocenters. The molecule has 0 aromatic heterocycles. The number of likely N-dealkylation sites (tertiary alicyclic amines) is 1. The van der Waals surface area contributed by atoms with Crippen LogP contribution in [0.1, 0.15) is 46.5 Å². The van der Waals surface area contributed by atoms with Crippen molar-refractivity contribution >= 4 is 34.7 Å². The number of anilines is 4. The van der Waals surface area contributed by atoms with E-state index in [1.807, 2.05) is 31.1 Å². The average molecular weight is 761 g/mol. The van der Waals surface area contributed by atoms with Crippen molar-refractivity contribution in [2.75, 3.05) is 69.9 Å². The lowest BCUT2D eigenvalue weighted by atomic mass is 10.2. The molecule has 3 aromatic rings. The lowest BCUT2D eigenvalue weighted by Gasteiger charge is -2.17. The molecule has 18 nitrogen and oxygen atoms in total. The first kappa shape index (κ1) is 42.7. The average Bonchev–Trinajstić information content (AvgIpc) is 3.93. The number of aliphatic carboxylic acids is 1. The number of nitrogen functional groups attached to an aromatic ring is 3. The zero-order valence-electron chi connectivity index (χ0n) is 31.4. The normalized spacial score (nSPS) is 16.5. The Morgan fingerprint density at radius 2 is 1.33 bits per heavy atom. The molecule has 0 bridgehead atoms. The van der Waals surface area contributed by atoms with Crippen molar-refractivity contribution in [1.82, 2.24) is 4.90 Å². The Bertz CT molecular complexity index is 1680. The van der Waals surface area contributed by atoms with Gasteiger partial charge in [-0.25, -0.2) is 0 Å². The summed E-state index contributed by atoms with van der Waals surface area (Å²) in [5, 5.41) is 26.7. The van der Waals surface area contributed by atoms with Crippen molar-refractivity contribution < 1.29 is 58.1 Å². The molecule has 1 fully saturated rings. The summed E-state index contributed by atoms with van der Waals surface area (Å²) in [6.45, 7) is 6.83. The molecule has 18 heteroatoms. The second-order valence-electron chi connectivity index (χ2n) is 12.4. The molecule has 4 aliphatic heterocycles. The van der Waals surface area contributed by atoms with Crippen LogP contribution in [0.3, 0.4) is 0 Å². The van der Waals surface area contributed by atoms with Crippen molar-refractivity contribution in [2.45, 2.75) is 58.6 Å². The lowest BCUT2D eigenvalue weighted by Crippen LogP contribution is -2.32. The molecule has 2 unspecified atom stereocenters. The van der Waals surface area contributed by atoms with E-state index in [0.717, 1.165) is 22.9 Å². The number of nitrogens with zero attached hydrogens (tertiary/aromatic N) is 2. The number of carboxylic acids is 1. The molecular weight excluding hydrogens is 708 g/mol. The van der Waals surface area contributed by atoms with E-state index >= 15 is 0 Å². The van der Waals surface area contributed by atoms with Gasteiger partial charge in [0.25, 0.3) is 0 Å². The second-order valence-corrected chi connectivity index (χ2v) is 12.4. The van der Waals surface area contributed by atoms with Crippen molar-refractivity contribution in [1.29, 1.82) is 0 Å². The minimum Gasteiger partial charge on any atom is -0.506 e. The molecule has 4 aliphatic rings. The summed E-state index contributed by atoms with van der Waals surface area (Å²) in [5.41, 5.74) is 16.1. The fraction of sp³-hybridized carbons (Fsp3) is 0.444. The number of benzene rings is 3. The molecule has 7 rings (SSSR count). The maximum atomic E-state index is 10.7. The van der Waals surface area contributed by atoms with Crippen LogP contribution in [-0.2, 0) is 9.59 Å². The summed E-state index contributed by atoms with van der Waals surface area (Å²) in [4.78, 5) is 24.7. The van der Waals surface area contributed by atoms with Gasteiger partial charge in [-0.3, -0.25) is 20.3 Å². The third-order valence-corrected chi connectivity index (χ3v) is 7.93. The Hall–Kier alpha value is -5.72. The van der Waals surface area contributed by atoms with Crippen molar-refractivity contribution in [3.8, 4) is 46.0 Å². The van der Waals surface area contributed by atoms with E-state index in [9.17, 15) is 9.59 Å². The van der Waals surface area contributed by atoms with Crippen LogP contribution in [0.15, 0.2) is 36.4 Å². The van der Waals surface area contributed by atoms with Gasteiger partial charge in [0, 0.05) is 70.4 Å². The van der Waals surface area contributed by atoms with Crippen LogP contribution >= 0.6 is 0 Å². The quantitative estimate of drug-likeness (QED) is 0.0472. The minimum atomic E-state index is -0.848. The van der Waals surface area contributed by atoms with E-state index in [4.69, 9.17) is 65.8 Å². The first-order valence-corrected chi connectivity index (χ1v) is 17.1. The number of hydrogen-bond acceptors (Lipinski definition) is 17. The van der Waals surface area contributed by atoms with Crippen molar-refractivity contribution in [3.05, 3.63) is 36.4 Å². The standard InChI is InChI=1S/C9H13N3O2.C9H9NO4.C7H7NO3.C6H11NO3.C5H12/c1-12(2)7-4-9-8(13-5-14-9)3-6(7)11-10;1-5(11)14-7-3-9-8(2-6(7)10)12-4-13-9;8-4-1-6-7(2-5(4)9)11-3-10-6;1-7-3-4(8)2-5(7)6(9)10;1-3-5-4-2/h3-4,11H,5,10H2,1-2H3;2-3H,4,10H2,1H3;1-2,9H,3,8H2;4-5,8H,2-3H2,1H3,(H,9,10);3-5H2,1-2H3. The number of carbonyl (C=O) groups excluding carboxylic acids is 1. The van der Waals surface area contributed by atoms with Gasteiger partial charge in [-0.2, -0.15) is 0 Å². The highest BCUT2D eigenvalue weighted by Gasteiger charge is 2.33. The van der Waals surface area contributed by atoms with Gasteiger partial charge in [0.05, 0.1) is 28.9 Å². The molecule has 0 spiro atoms. The molecule has 4 heterocycles. The van der Waals surface area contributed by atoms with Gasteiger partial charge < -0.3 is 70.3 Å². The summed E-state index contributed by atoms with van der Waals surface area (Å²) in [6, 6.07) is 9.33. The number of ether oxygens (including phenoxy) is 7. The molecule has 0 saturated carbocycles. The number of β-amino-alcohol motifs (C(OH)–C–C–N with tert-alkyl or cyclic N) is 1. The summed E-state index contributed by atoms with van der Waals surface area (Å²) in [6.07, 6.45) is 3.96. The molecule has 10 N–H and O–H groups in total. The van der Waals surface area contributed by atoms with E-state index in [1.165, 1.54) is 38.3 Å². The predicted octanol–water partition coefficient (Wildman–Crippen LogP) is 3.73. The van der Waals surface area contributed by atoms with Crippen LogP contribution in [0, 0.1) is 0 Å². The number of aliphatic hydroxyl groups excluding tert-OH is 1. The molecule has 0 aliphatic carbocycles. The van der Waals surface area contributed by atoms with Gasteiger partial charge in [-0.15, -0.1) is 0 Å². The molecule has 3 aromatic carbocycles. The monoisotopic (exact) mass is 760 g/mol. The number of phenolic OH excluding ortho intramolecular Hbond substituents is 1. The number of rotatable bonds is 6. The first-order chi connectivity index (χ1) is 25.7. The summed E-state index contributed by atoms with van der Waals surface area (Å²) in [5.74, 6) is 8.17. The summed E-state index contributed by atoms with van der Waals surface area (Å²) >= 11 is 0. The Labute approximate surface area is 314 Å². The summed E-state index contributed by atoms with van der Waals surface area (Å²) < 4.78 is 35.6. The highest BCUT2D eigenvalue weighted by Crippen LogP contribution is 2.41. The summed E-state index contributed by atoms with van der Waals surface area (Å²) in [7, 11) is 5.59. The minimum absolute atomic E-state index is 0.0225. The third kappa shape index (κ3) is 12.2. The molecule has 0 radical (unpaired) electrons. The number of likely N-dealkylation sites (N-methyl/N-ethyl adjacent to an activating group) is 1. The number of aliphatic hydroxyl groups is 1. The second kappa shape index (κ2) is 20.5. The number of carbonyl (C=O) groups is 2. The number of esters is 1. The Balaban J connectivity index is 0.000000187. The first-order valence-electron chi connectivity index (χ1n) is 17.1. The number of phenols is 1. The number of aromatic hydroxyl groups is 1. The smallest absolute Gasteiger partial charge is 0.321 e. The van der Waals surface area contributed by atoms with Gasteiger partial charge in [0.1, 0.15) is 11.8 Å². The molecule has 1 saturated heterocycles. The Morgan fingerprint density at radius 3 is 1.74 bits per heavy atom. The number of fused-ring (bicyclic) bond motifs is 3. The molecule has 54 heavy (non-hydrogen) atoms. The maximum absolute atomic E-state index is 10.7. The number of hydrogen-bond donors (Lipinski definition) is 7. The highest BCUT2D eigenvalue weighted by molar-refractivity contribution is 5.75. The number of nitrogens with one attached hydrogen (secondary N) is 1. The fourth-order valence-corrected chi connectivity index (χ4v) is 5.16. The largest absolute Gasteiger partial charge is 0.506 e. The Morgan fingerprint density at radius 1 is 0.852 bits per heavy atom. The van der Waals surface area contributed by atoms with Gasteiger partial charge >= 0.3 is 11.9 Å². The van der Waals surface area contributed by atoms with Gasteiger partial charge in [-0.05, 0) is 7.05 Å². The zero-order valence-corrected chi connectivity index (χ0v) is 31.4. The molecular formula is C36H52N6O12. The number of hydrazine groups is 1. The van der Waals surface area contributed by atoms with E-state index in [-0.39, 0.29) is 26.1 Å². The number of nitrogens with two attached hydrogens (primary N) is 3. The van der Waals surface area contributed by atoms with E-state index in [1.54, 1.807) is 24.1 Å². The number of unbranched alkanes of at least 4 members (excludes halogenated alkanes) is 2. The van der Waals surface area contributed by atoms with Crippen LogP contribution < -0.4 is 60.8 Å². The zero-order chi connectivity index (χ0) is 39.9. The van der Waals surface area contributed by atoms with Gasteiger partial charge in [-0.1, -0.05) is 33.1 Å². The predicted molar refractivity (Wildman–Crippen MR) is 202 cm³/mol. The third-order valence-electron chi connectivity index (χ3n) is 7.93. The number of carboxylic acid groups (broad SMARTS) is 1. The maximum Gasteiger partial charge on any atom is 0.321 e. The van der Waals surface area contributed by atoms with Crippen molar-refractivity contribution in [2.24, 2.45) is 5.84 Å². The van der Waals surface area contributed by atoms with Crippen LogP contribution in [-0.4, -0.2) is 92.4 Å². The van der Waals surface area contributed by atoms with Crippen LogP contribution in [0.25, 0.3) is 0 Å². The Kier molecular flexibility index (Phi) is 16.2.